The van der Waals surface area contributed by atoms with Gasteiger partial charge in [-0.1, -0.05) is 0 Å². The highest BCUT2D eigenvalue weighted by atomic mass is 16.7. The molecule has 3 rings (SSSR count). The molecule has 50 heteroatoms. The van der Waals surface area contributed by atoms with Crippen molar-refractivity contribution in [2.24, 2.45) is 0 Å². The monoisotopic (exact) mass is 1860 g/mol. The van der Waals surface area contributed by atoms with Gasteiger partial charge in [-0.15, -0.1) is 0 Å². The van der Waals surface area contributed by atoms with Crippen molar-refractivity contribution in [2.75, 3.05) is 185 Å². The van der Waals surface area contributed by atoms with Crippen molar-refractivity contribution in [3.05, 3.63) is 0 Å². The van der Waals surface area contributed by atoms with E-state index in [-0.39, 0.29) is 145 Å². The van der Waals surface area contributed by atoms with Gasteiger partial charge in [0.05, 0.1) is 145 Å². The van der Waals surface area contributed by atoms with Crippen molar-refractivity contribution < 1.29 is 200 Å². The Bertz CT molecular complexity index is 3470. The lowest BCUT2D eigenvalue weighted by Gasteiger charge is -2.44. The molecule has 0 radical (unpaired) electrons. The third-order valence-corrected chi connectivity index (χ3v) is 17.6. The summed E-state index contributed by atoms with van der Waals surface area (Å²) in [4.78, 5) is 216. The molecule has 3 aliphatic rings. The summed E-state index contributed by atoms with van der Waals surface area (Å²) >= 11 is 0. The molecule has 3 heterocycles. The summed E-state index contributed by atoms with van der Waals surface area (Å²) in [6, 6.07) is -6.73. The summed E-state index contributed by atoms with van der Waals surface area (Å²) in [6.45, 7) is 12.0. The van der Waals surface area contributed by atoms with Crippen molar-refractivity contribution in [1.29, 1.82) is 0 Å². The molecule has 0 aliphatic carbocycles. The van der Waals surface area contributed by atoms with Crippen LogP contribution in [-0.2, 0) is 195 Å². The van der Waals surface area contributed by atoms with E-state index < -0.39 is 238 Å². The Morgan fingerprint density at radius 3 is 0.806 bits per heavy atom. The number of nitrogens with one attached hydrogen (secondary N) is 8. The summed E-state index contributed by atoms with van der Waals surface area (Å²) < 4.78 is 134. The second-order valence-corrected chi connectivity index (χ2v) is 28.5. The number of aliphatic hydroxyl groups excluding tert-OH is 1. The van der Waals surface area contributed by atoms with Crippen LogP contribution in [0.3, 0.4) is 0 Å². The van der Waals surface area contributed by atoms with E-state index in [1.807, 2.05) is 0 Å². The van der Waals surface area contributed by atoms with E-state index >= 15 is 0 Å². The van der Waals surface area contributed by atoms with Crippen LogP contribution in [-0.4, -0.2) is 395 Å². The number of esters is 9. The van der Waals surface area contributed by atoms with Crippen molar-refractivity contribution in [3.63, 3.8) is 0 Å². The van der Waals surface area contributed by atoms with Gasteiger partial charge in [-0.25, -0.2) is 0 Å². The fraction of sp³-hybridized carbons (Fsp3) is 0.785. The van der Waals surface area contributed by atoms with Crippen LogP contribution < -0.4 is 42.5 Å². The highest BCUT2D eigenvalue weighted by Gasteiger charge is 2.54. The molecule has 17 atom stereocenters. The predicted molar refractivity (Wildman–Crippen MR) is 430 cm³/mol. The molecule has 8 amide bonds. The van der Waals surface area contributed by atoms with Crippen LogP contribution in [0.5, 0.6) is 0 Å². The zero-order valence-corrected chi connectivity index (χ0v) is 74.8. The molecule has 3 aliphatic heterocycles. The Kier molecular flexibility index (Phi) is 57.9. The fourth-order valence-corrected chi connectivity index (χ4v) is 12.4. The van der Waals surface area contributed by atoms with Crippen LogP contribution >= 0.6 is 0 Å². The van der Waals surface area contributed by atoms with Gasteiger partial charge in [0.25, 0.3) is 0 Å². The number of aliphatic hydroxyl groups is 1. The van der Waals surface area contributed by atoms with Gasteiger partial charge in [0.2, 0.25) is 47.3 Å². The van der Waals surface area contributed by atoms with Crippen molar-refractivity contribution in [3.8, 4) is 0 Å². The molecular weight excluding hydrogens is 1730 g/mol. The van der Waals surface area contributed by atoms with Gasteiger partial charge in [0.15, 0.2) is 55.5 Å². The second kappa shape index (κ2) is 65.8. The van der Waals surface area contributed by atoms with Gasteiger partial charge >= 0.3 is 53.7 Å². The second-order valence-electron chi connectivity index (χ2n) is 28.5. The highest BCUT2D eigenvalue weighted by molar-refractivity contribution is 5.90. The van der Waals surface area contributed by atoms with Crippen molar-refractivity contribution >= 4 is 101 Å². The molecule has 129 heavy (non-hydrogen) atoms. The smallest absolute Gasteiger partial charge is 0.303 e. The average Bonchev–Trinajstić information content (AvgIpc) is 0.796. The lowest BCUT2D eigenvalue weighted by Crippen LogP contribution is -2.66. The predicted octanol–water partition coefficient (Wildman–Crippen LogP) is -5.59. The Labute approximate surface area is 745 Å². The van der Waals surface area contributed by atoms with Gasteiger partial charge < -0.3 is 161 Å². The molecule has 0 aromatic carbocycles. The van der Waals surface area contributed by atoms with E-state index in [1.54, 1.807) is 0 Å². The number of rotatable bonds is 66. The number of hydrogen-bond donors (Lipinski definition) is 9. The van der Waals surface area contributed by atoms with Crippen LogP contribution in [0.4, 0.5) is 0 Å². The maximum atomic E-state index is 14.1. The first-order valence-corrected chi connectivity index (χ1v) is 41.8. The van der Waals surface area contributed by atoms with Crippen LogP contribution in [0.15, 0.2) is 0 Å². The largest absolute Gasteiger partial charge is 0.463 e. The topological polar surface area (TPSA) is 628 Å². The first-order chi connectivity index (χ1) is 61.5. The van der Waals surface area contributed by atoms with Crippen LogP contribution in [0.1, 0.15) is 115 Å². The zero-order valence-electron chi connectivity index (χ0n) is 74.8. The van der Waals surface area contributed by atoms with Gasteiger partial charge in [-0.05, 0) is 12.8 Å². The minimum Gasteiger partial charge on any atom is -0.463 e. The zero-order chi connectivity index (χ0) is 95.6. The molecule has 0 bridgehead atoms. The summed E-state index contributed by atoms with van der Waals surface area (Å²) in [5.41, 5.74) is 0. The number of amides is 8. The molecule has 0 aromatic heterocycles. The Balaban J connectivity index is 1.80. The van der Waals surface area contributed by atoms with Crippen LogP contribution in [0.25, 0.3) is 0 Å². The van der Waals surface area contributed by atoms with Gasteiger partial charge in [0, 0.05) is 122 Å². The number of hydrogen-bond acceptors (Lipinski definition) is 42. The normalized spacial score (nSPS) is 22.1. The van der Waals surface area contributed by atoms with E-state index in [9.17, 15) is 81.5 Å². The third-order valence-electron chi connectivity index (χ3n) is 17.6. The molecule has 50 nitrogen and oxygen atoms in total. The molecule has 0 aromatic rings. The third kappa shape index (κ3) is 50.4. The van der Waals surface area contributed by atoms with Crippen LogP contribution in [0.2, 0.25) is 0 Å². The number of ether oxygens (including phenoxy) is 24. The van der Waals surface area contributed by atoms with Gasteiger partial charge in [-0.3, -0.25) is 81.5 Å². The maximum absolute atomic E-state index is 14.1. The Hall–Kier alpha value is -9.65. The molecule has 3 saturated heterocycles. The molecule has 0 saturated carbocycles. The van der Waals surface area contributed by atoms with Gasteiger partial charge in [-0.2, -0.15) is 0 Å². The average molecular weight is 1860 g/mol. The van der Waals surface area contributed by atoms with Crippen LogP contribution in [0, 0.1) is 0 Å². The standard InChI is InChI=1S/C79H128N8O42/c1-46(89)83-66-72(124-55(10)98)69(121-52(7)95)60(43-118-49(4)92)127-77(66)115-40-37-107-23-18-80-63(101)15-13-58(75(104)81-19-24-108-38-41-116-78-67(84-47(2)90)73(125-56(11)99)70(122-53(8)96)61(128-78)44-119-50(5)93)86-64(102)16-14-59(87-65(103)17-22-106-27-29-111-31-33-113-35-36-114-34-32-112-30-28-110-26-21-88)76(105)82-20-25-109-39-42-117-79-68(85-48(3)91)74(126-57(12)100)71(123-54(9)97)62(129-79)45-120-51(6)94/h58-62,66-74,77-79,88H,13-45H2,1-12H3,(H,80,101)(H,81,104)(H,82,105)(H,83,89)(H,84,90)(H,85,91)(H,86,102)(H,87,103)/t58-,59-,60+,61+,62+,66+,67+,68+,69-,70-,71-,72+,73+,74+,77+,78+,79+/m0/s1. The van der Waals surface area contributed by atoms with E-state index in [1.165, 1.54) is 0 Å². The SMILES string of the molecule is CC(=O)N[C@H]1[C@H](OCCOCCNC(=O)CC[C@H](NC(=O)CC[C@H](NC(=O)CCOCCOCCOCCOCCOCCOCCO)C(=O)NCCOCCO[C@@H]2O[C@H](COC(C)=O)[C@H](OC(C)=O)[C@H](OC(C)=O)[C@H]2NC(C)=O)C(=O)NCCOCCO[C@@H]2O[C@H](COC(C)=O)[C@H](OC(C)=O)[C@H](OC(C)=O)[C@H]2NC(C)=O)O[C@H](COC(C)=O)[C@H](OC(C)=O)[C@@H]1OC(C)=O. The summed E-state index contributed by atoms with van der Waals surface area (Å²) in [5.74, 6) is -12.7. The van der Waals surface area contributed by atoms with E-state index in [0.29, 0.717) is 39.6 Å². The first kappa shape index (κ1) is 114. The fourth-order valence-electron chi connectivity index (χ4n) is 12.4. The first-order valence-electron chi connectivity index (χ1n) is 41.8. The van der Waals surface area contributed by atoms with Crippen molar-refractivity contribution in [2.45, 2.75) is 219 Å². The quantitative estimate of drug-likeness (QED) is 0.0156. The molecule has 736 valence electrons. The minimum absolute atomic E-state index is 0.0640. The number of carbonyl (C=O) groups is 17. The summed E-state index contributed by atoms with van der Waals surface area (Å²) in [7, 11) is 0. The highest BCUT2D eigenvalue weighted by Crippen LogP contribution is 2.32. The molecular formula is C79H128N8O42. The Morgan fingerprint density at radius 1 is 0.279 bits per heavy atom. The maximum Gasteiger partial charge on any atom is 0.303 e. The minimum atomic E-state index is -1.46. The molecule has 0 unspecified atom stereocenters. The molecule has 9 N–H and O–H groups in total. The summed E-state index contributed by atoms with van der Waals surface area (Å²) in [5, 5.41) is 29.6. The number of carbonyl (C=O) groups excluding carboxylic acids is 17. The van der Waals surface area contributed by atoms with E-state index in [4.69, 9.17) is 119 Å². The lowest BCUT2D eigenvalue weighted by atomic mass is 9.96. The Morgan fingerprint density at radius 2 is 0.527 bits per heavy atom. The molecule has 3 fully saturated rings. The van der Waals surface area contributed by atoms with E-state index in [2.05, 4.69) is 42.5 Å². The lowest BCUT2D eigenvalue weighted by molar-refractivity contribution is -0.279. The van der Waals surface area contributed by atoms with Crippen molar-refractivity contribution in [1.82, 2.24) is 42.5 Å². The summed E-state index contributed by atoms with van der Waals surface area (Å²) in [6.07, 6.45) is -18.3. The van der Waals surface area contributed by atoms with E-state index in [0.717, 1.165) is 83.1 Å². The molecule has 0 spiro atoms. The van der Waals surface area contributed by atoms with Gasteiger partial charge in [0.1, 0.15) is 68.3 Å².